The number of fused-ring (bicyclic) bond motifs is 1. The lowest BCUT2D eigenvalue weighted by molar-refractivity contribution is -0.137. The van der Waals surface area contributed by atoms with E-state index < -0.39 is 23.3 Å². The summed E-state index contributed by atoms with van der Waals surface area (Å²) < 4.78 is 60.6. The normalized spacial score (nSPS) is 23.4. The van der Waals surface area contributed by atoms with Crippen molar-refractivity contribution < 1.29 is 22.3 Å². The smallest absolute Gasteiger partial charge is 0.418 e. The summed E-state index contributed by atoms with van der Waals surface area (Å²) >= 11 is 6.00. The Labute approximate surface area is 202 Å². The van der Waals surface area contributed by atoms with Crippen molar-refractivity contribution in [2.24, 2.45) is 23.2 Å². The molecule has 2 fully saturated rings. The number of hydrogen-bond donors (Lipinski definition) is 0. The number of aromatic nitrogens is 2. The molecular weight excluding hydrogens is 470 g/mol. The molecule has 2 aromatic rings. The van der Waals surface area contributed by atoms with E-state index in [9.17, 15) is 17.6 Å². The maximum Gasteiger partial charge on any atom is 0.418 e. The van der Waals surface area contributed by atoms with Crippen molar-refractivity contribution in [1.29, 1.82) is 0 Å². The number of benzene rings is 1. The standard InChI is InChI=1S/C25H30ClF4N3O/c1-24(2,3)6-7-33-12-16-8-15(9-17(16)13-33)14-34-22-11-20(25(28,29)30)23(32-31-22)19-10-18(27)4-5-21(19)26/h4-5,10-11,15-17H,6-9,12-14H2,1-3H3/t15-,16-,17+. The average Bonchev–Trinajstić information content (AvgIpc) is 3.30. The number of rotatable bonds is 6. The van der Waals surface area contributed by atoms with Crippen LogP contribution in [0.5, 0.6) is 5.88 Å². The minimum Gasteiger partial charge on any atom is -0.476 e. The minimum absolute atomic E-state index is 0.0380. The van der Waals surface area contributed by atoms with Crippen LogP contribution >= 0.6 is 11.6 Å². The Hall–Kier alpha value is -1.93. The van der Waals surface area contributed by atoms with E-state index in [4.69, 9.17) is 16.3 Å². The van der Waals surface area contributed by atoms with Crippen LogP contribution in [0, 0.1) is 29.0 Å². The zero-order valence-electron chi connectivity index (χ0n) is 19.6. The van der Waals surface area contributed by atoms with Gasteiger partial charge >= 0.3 is 6.18 Å². The van der Waals surface area contributed by atoms with Crippen LogP contribution in [0.1, 0.15) is 45.6 Å². The molecule has 1 saturated heterocycles. The number of ether oxygens (including phenoxy) is 1. The molecule has 4 rings (SSSR count). The van der Waals surface area contributed by atoms with Crippen molar-refractivity contribution >= 4 is 11.6 Å². The predicted molar refractivity (Wildman–Crippen MR) is 123 cm³/mol. The third-order valence-corrected chi connectivity index (χ3v) is 7.16. The van der Waals surface area contributed by atoms with E-state index in [1.807, 2.05) is 0 Å². The minimum atomic E-state index is -4.72. The first-order valence-corrected chi connectivity index (χ1v) is 12.0. The summed E-state index contributed by atoms with van der Waals surface area (Å²) in [6.45, 7) is 10.3. The van der Waals surface area contributed by atoms with Crippen molar-refractivity contribution in [3.63, 3.8) is 0 Å². The summed E-state index contributed by atoms with van der Waals surface area (Å²) in [7, 11) is 0. The highest BCUT2D eigenvalue weighted by Crippen LogP contribution is 2.43. The molecule has 0 unspecified atom stereocenters. The van der Waals surface area contributed by atoms with Crippen molar-refractivity contribution in [3.05, 3.63) is 40.7 Å². The molecule has 2 heterocycles. The van der Waals surface area contributed by atoms with Gasteiger partial charge in [0.1, 0.15) is 11.5 Å². The summed E-state index contributed by atoms with van der Waals surface area (Å²) in [5, 5.41) is 7.51. The van der Waals surface area contributed by atoms with Gasteiger partial charge in [0.2, 0.25) is 5.88 Å². The van der Waals surface area contributed by atoms with Crippen LogP contribution in [-0.4, -0.2) is 41.3 Å². The van der Waals surface area contributed by atoms with E-state index in [0.717, 1.165) is 57.1 Å². The van der Waals surface area contributed by atoms with Gasteiger partial charge in [-0.05, 0) is 67.2 Å². The average molecular weight is 500 g/mol. The largest absolute Gasteiger partial charge is 0.476 e. The van der Waals surface area contributed by atoms with Gasteiger partial charge in [0.05, 0.1) is 17.2 Å². The zero-order chi connectivity index (χ0) is 24.7. The second-order valence-corrected chi connectivity index (χ2v) is 11.2. The van der Waals surface area contributed by atoms with Gasteiger partial charge in [-0.25, -0.2) is 4.39 Å². The molecule has 0 bridgehead atoms. The molecule has 1 saturated carbocycles. The molecule has 186 valence electrons. The van der Waals surface area contributed by atoms with Crippen molar-refractivity contribution in [2.45, 2.75) is 46.2 Å². The lowest BCUT2D eigenvalue weighted by Gasteiger charge is -2.24. The van der Waals surface area contributed by atoms with E-state index in [1.165, 1.54) is 6.07 Å². The SMILES string of the molecule is CC(C)(C)CCN1C[C@H]2C[C@@H](COc3cc(C(F)(F)F)c(-c4cc(F)ccc4Cl)nn3)C[C@H]2C1. The molecule has 4 nitrogen and oxygen atoms in total. The van der Waals surface area contributed by atoms with Crippen LogP contribution in [0.4, 0.5) is 17.6 Å². The van der Waals surface area contributed by atoms with Gasteiger partial charge in [0.25, 0.3) is 0 Å². The number of likely N-dealkylation sites (tertiary alicyclic amines) is 1. The number of hydrogen-bond acceptors (Lipinski definition) is 4. The first-order valence-electron chi connectivity index (χ1n) is 11.6. The fourth-order valence-corrected chi connectivity index (χ4v) is 5.28. The topological polar surface area (TPSA) is 38.2 Å². The van der Waals surface area contributed by atoms with Crippen LogP contribution in [0.15, 0.2) is 24.3 Å². The maximum atomic E-state index is 13.8. The summed E-state index contributed by atoms with van der Waals surface area (Å²) in [6.07, 6.45) is -1.55. The molecule has 0 spiro atoms. The summed E-state index contributed by atoms with van der Waals surface area (Å²) in [5.41, 5.74) is -1.41. The van der Waals surface area contributed by atoms with E-state index in [1.54, 1.807) is 0 Å². The van der Waals surface area contributed by atoms with Gasteiger partial charge in [-0.3, -0.25) is 0 Å². The maximum absolute atomic E-state index is 13.8. The molecule has 0 radical (unpaired) electrons. The molecule has 0 N–H and O–H groups in total. The van der Waals surface area contributed by atoms with Crippen molar-refractivity contribution in [3.8, 4) is 17.1 Å². The van der Waals surface area contributed by atoms with E-state index in [2.05, 4.69) is 35.9 Å². The first kappa shape index (κ1) is 25.2. The number of halogens is 5. The van der Waals surface area contributed by atoms with Crippen molar-refractivity contribution in [2.75, 3.05) is 26.2 Å². The molecule has 1 aliphatic heterocycles. The Balaban J connectivity index is 1.39. The molecule has 1 aliphatic carbocycles. The third-order valence-electron chi connectivity index (χ3n) is 6.83. The second kappa shape index (κ2) is 9.61. The number of alkyl halides is 3. The molecule has 34 heavy (non-hydrogen) atoms. The molecule has 1 aromatic heterocycles. The predicted octanol–water partition coefficient (Wildman–Crippen LogP) is 6.73. The van der Waals surface area contributed by atoms with E-state index in [0.29, 0.717) is 23.9 Å². The van der Waals surface area contributed by atoms with Crippen LogP contribution < -0.4 is 4.74 Å². The molecule has 3 atom stereocenters. The fourth-order valence-electron chi connectivity index (χ4n) is 5.08. The lowest BCUT2D eigenvalue weighted by atomic mass is 9.92. The van der Waals surface area contributed by atoms with Gasteiger partial charge in [-0.2, -0.15) is 13.2 Å². The van der Waals surface area contributed by atoms with Gasteiger partial charge in [-0.15, -0.1) is 10.2 Å². The fraction of sp³-hybridized carbons (Fsp3) is 0.600. The van der Waals surface area contributed by atoms with Gasteiger partial charge in [0, 0.05) is 24.7 Å². The summed E-state index contributed by atoms with van der Waals surface area (Å²) in [5.74, 6) is 0.616. The highest BCUT2D eigenvalue weighted by atomic mass is 35.5. The van der Waals surface area contributed by atoms with E-state index in [-0.39, 0.29) is 22.4 Å². The monoisotopic (exact) mass is 499 g/mol. The molecule has 0 amide bonds. The van der Waals surface area contributed by atoms with Gasteiger partial charge < -0.3 is 9.64 Å². The van der Waals surface area contributed by atoms with Crippen LogP contribution in [0.2, 0.25) is 5.02 Å². The Morgan fingerprint density at radius 1 is 1.06 bits per heavy atom. The van der Waals surface area contributed by atoms with Gasteiger partial charge in [-0.1, -0.05) is 32.4 Å². The third kappa shape index (κ3) is 6.00. The van der Waals surface area contributed by atoms with Crippen LogP contribution in [0.25, 0.3) is 11.3 Å². The molecular formula is C25H30ClF4N3O. The zero-order valence-corrected chi connectivity index (χ0v) is 20.4. The molecule has 2 aliphatic rings. The van der Waals surface area contributed by atoms with Crippen LogP contribution in [0.3, 0.4) is 0 Å². The van der Waals surface area contributed by atoms with E-state index >= 15 is 0 Å². The van der Waals surface area contributed by atoms with Gasteiger partial charge in [0.15, 0.2) is 0 Å². The Bertz CT molecular complexity index is 1010. The number of nitrogens with zero attached hydrogens (tertiary/aromatic N) is 3. The Morgan fingerprint density at radius 3 is 2.35 bits per heavy atom. The van der Waals surface area contributed by atoms with Crippen LogP contribution in [-0.2, 0) is 6.18 Å². The second-order valence-electron chi connectivity index (χ2n) is 10.8. The quantitative estimate of drug-likeness (QED) is 0.413. The summed E-state index contributed by atoms with van der Waals surface area (Å²) in [6, 6.07) is 4.02. The highest BCUT2D eigenvalue weighted by molar-refractivity contribution is 6.33. The molecule has 1 aromatic carbocycles. The Kier molecular flexibility index (Phi) is 7.11. The first-order chi connectivity index (χ1) is 15.9. The lowest BCUT2D eigenvalue weighted by Crippen LogP contribution is -2.27. The molecule has 9 heteroatoms. The highest BCUT2D eigenvalue weighted by Gasteiger charge is 2.41. The van der Waals surface area contributed by atoms with Crippen molar-refractivity contribution in [1.82, 2.24) is 15.1 Å². The summed E-state index contributed by atoms with van der Waals surface area (Å²) in [4.78, 5) is 2.54. The Morgan fingerprint density at radius 2 is 1.74 bits per heavy atom.